The monoisotopic (exact) mass is 338 g/mol. The van der Waals surface area contributed by atoms with Gasteiger partial charge in [-0.1, -0.05) is 51.5 Å². The third-order valence-electron chi connectivity index (χ3n) is 4.60. The highest BCUT2D eigenvalue weighted by Crippen LogP contribution is 2.28. The zero-order chi connectivity index (χ0) is 18.4. The Hall–Kier alpha value is -2.42. The average molecular weight is 338 g/mol. The average Bonchev–Trinajstić information content (AvgIpc) is 2.61. The Morgan fingerprint density at radius 3 is 1.80 bits per heavy atom. The summed E-state index contributed by atoms with van der Waals surface area (Å²) >= 11 is 0. The molecule has 0 saturated carbocycles. The smallest absolute Gasteiger partial charge is 0.170 e. The molecule has 0 N–H and O–H groups in total. The van der Waals surface area contributed by atoms with Crippen LogP contribution in [0.5, 0.6) is 5.75 Å². The van der Waals surface area contributed by atoms with Crippen molar-refractivity contribution in [3.8, 4) is 5.75 Å². The Labute approximate surface area is 150 Å². The Balaban J connectivity index is 2.06. The number of hydrogen-bond donors (Lipinski definition) is 0. The minimum Gasteiger partial charge on any atom is -0.497 e. The Morgan fingerprint density at radius 1 is 0.880 bits per heavy atom. The maximum atomic E-state index is 12.4. The van der Waals surface area contributed by atoms with Gasteiger partial charge in [-0.05, 0) is 41.7 Å². The number of Topliss-reactive ketones (excluding diaryl/α,β-unsaturated/α-hetero) is 2. The summed E-state index contributed by atoms with van der Waals surface area (Å²) in [5, 5.41) is 0. The number of ether oxygens (including phenoxy) is 1. The van der Waals surface area contributed by atoms with Gasteiger partial charge in [0.1, 0.15) is 5.75 Å². The predicted molar refractivity (Wildman–Crippen MR) is 101 cm³/mol. The van der Waals surface area contributed by atoms with E-state index in [1.807, 2.05) is 24.3 Å². The second kappa shape index (κ2) is 8.11. The lowest BCUT2D eigenvalue weighted by molar-refractivity contribution is 0.0894. The molecule has 2 aromatic carbocycles. The highest BCUT2D eigenvalue weighted by Gasteiger charge is 2.20. The molecule has 0 radical (unpaired) electrons. The first kappa shape index (κ1) is 18.9. The Morgan fingerprint density at radius 2 is 1.36 bits per heavy atom. The summed E-state index contributed by atoms with van der Waals surface area (Å²) in [4.78, 5) is 24.7. The van der Waals surface area contributed by atoms with Crippen LogP contribution in [0.2, 0.25) is 0 Å². The van der Waals surface area contributed by atoms with Crippen LogP contribution in [-0.2, 0) is 5.41 Å². The number of hydrogen-bond acceptors (Lipinski definition) is 3. The number of benzene rings is 2. The van der Waals surface area contributed by atoms with Crippen LogP contribution in [0.4, 0.5) is 0 Å². The molecular weight excluding hydrogens is 312 g/mol. The third-order valence-corrected chi connectivity index (χ3v) is 4.60. The van der Waals surface area contributed by atoms with E-state index >= 15 is 0 Å². The molecule has 0 unspecified atom stereocenters. The molecule has 0 aliphatic carbocycles. The maximum Gasteiger partial charge on any atom is 0.170 e. The molecule has 3 heteroatoms. The molecule has 0 amide bonds. The molecule has 0 bridgehead atoms. The molecule has 0 aliphatic heterocycles. The fourth-order valence-corrected chi connectivity index (χ4v) is 3.00. The number of carbonyl (C=O) groups excluding carboxylic acids is 2. The van der Waals surface area contributed by atoms with E-state index in [1.165, 1.54) is 5.56 Å². The summed E-state index contributed by atoms with van der Waals surface area (Å²) in [5.74, 6) is 0.358. The zero-order valence-electron chi connectivity index (χ0n) is 15.5. The lowest BCUT2D eigenvalue weighted by atomic mass is 9.80. The van der Waals surface area contributed by atoms with Crippen molar-refractivity contribution >= 4 is 11.6 Å². The molecule has 0 aliphatic rings. The van der Waals surface area contributed by atoms with E-state index in [2.05, 4.69) is 20.8 Å². The van der Waals surface area contributed by atoms with E-state index in [9.17, 15) is 9.59 Å². The standard InChI is InChI=1S/C22H26O3/c1-5-14-22(2,3)18-10-6-16(7-11-18)20(23)15-21(24)17-8-12-19(25-4)13-9-17/h6-13H,5,14-15H2,1-4H3. The van der Waals surface area contributed by atoms with Crippen LogP contribution in [0.3, 0.4) is 0 Å². The quantitative estimate of drug-likeness (QED) is 0.489. The van der Waals surface area contributed by atoms with E-state index in [-0.39, 0.29) is 23.4 Å². The van der Waals surface area contributed by atoms with Gasteiger partial charge in [0.15, 0.2) is 11.6 Å². The van der Waals surface area contributed by atoms with Gasteiger partial charge in [0.05, 0.1) is 13.5 Å². The summed E-state index contributed by atoms with van der Waals surface area (Å²) in [6.45, 7) is 6.59. The molecule has 25 heavy (non-hydrogen) atoms. The van der Waals surface area contributed by atoms with Crippen molar-refractivity contribution in [3.63, 3.8) is 0 Å². The molecule has 0 heterocycles. The third kappa shape index (κ3) is 4.79. The molecule has 2 rings (SSSR count). The predicted octanol–water partition coefficient (Wildman–Crippen LogP) is 5.23. The minimum atomic E-state index is -0.178. The molecule has 0 saturated heterocycles. The van der Waals surface area contributed by atoms with Crippen LogP contribution in [0.1, 0.15) is 66.3 Å². The van der Waals surface area contributed by atoms with Crippen molar-refractivity contribution in [2.75, 3.05) is 7.11 Å². The normalized spacial score (nSPS) is 11.2. The van der Waals surface area contributed by atoms with Gasteiger partial charge in [-0.25, -0.2) is 0 Å². The van der Waals surface area contributed by atoms with Crippen molar-refractivity contribution in [2.45, 2.75) is 45.4 Å². The van der Waals surface area contributed by atoms with Crippen LogP contribution >= 0.6 is 0 Å². The van der Waals surface area contributed by atoms with Crippen molar-refractivity contribution in [2.24, 2.45) is 0 Å². The van der Waals surface area contributed by atoms with Gasteiger partial charge in [-0.3, -0.25) is 9.59 Å². The second-order valence-electron chi connectivity index (χ2n) is 6.96. The maximum absolute atomic E-state index is 12.4. The molecule has 2 aromatic rings. The highest BCUT2D eigenvalue weighted by atomic mass is 16.5. The van der Waals surface area contributed by atoms with Gasteiger partial charge in [-0.2, -0.15) is 0 Å². The minimum absolute atomic E-state index is 0.0925. The van der Waals surface area contributed by atoms with Crippen LogP contribution in [0.25, 0.3) is 0 Å². The Bertz CT molecular complexity index is 725. The highest BCUT2D eigenvalue weighted by molar-refractivity contribution is 6.13. The molecule has 0 aromatic heterocycles. The Kier molecular flexibility index (Phi) is 6.13. The van der Waals surface area contributed by atoms with Gasteiger partial charge in [0.25, 0.3) is 0 Å². The van der Waals surface area contributed by atoms with Crippen LogP contribution in [-0.4, -0.2) is 18.7 Å². The number of carbonyl (C=O) groups is 2. The van der Waals surface area contributed by atoms with Crippen LogP contribution in [0.15, 0.2) is 48.5 Å². The number of methoxy groups -OCH3 is 1. The van der Waals surface area contributed by atoms with E-state index in [4.69, 9.17) is 4.74 Å². The number of rotatable bonds is 8. The van der Waals surface area contributed by atoms with Gasteiger partial charge < -0.3 is 4.74 Å². The molecule has 0 fully saturated rings. The van der Waals surface area contributed by atoms with Crippen molar-refractivity contribution < 1.29 is 14.3 Å². The lowest BCUT2D eigenvalue weighted by Gasteiger charge is -2.24. The second-order valence-corrected chi connectivity index (χ2v) is 6.96. The fourth-order valence-electron chi connectivity index (χ4n) is 3.00. The van der Waals surface area contributed by atoms with E-state index in [0.717, 1.165) is 12.8 Å². The van der Waals surface area contributed by atoms with E-state index < -0.39 is 0 Å². The number of ketones is 2. The summed E-state index contributed by atoms with van der Waals surface area (Å²) in [6, 6.07) is 14.5. The molecular formula is C22H26O3. The van der Waals surface area contributed by atoms with Crippen LogP contribution < -0.4 is 4.74 Å². The van der Waals surface area contributed by atoms with E-state index in [1.54, 1.807) is 31.4 Å². The first-order valence-corrected chi connectivity index (χ1v) is 8.68. The molecule has 132 valence electrons. The molecule has 0 spiro atoms. The van der Waals surface area contributed by atoms with Gasteiger partial charge in [0.2, 0.25) is 0 Å². The van der Waals surface area contributed by atoms with Gasteiger partial charge >= 0.3 is 0 Å². The lowest BCUT2D eigenvalue weighted by Crippen LogP contribution is -2.17. The SMILES string of the molecule is CCCC(C)(C)c1ccc(C(=O)CC(=O)c2ccc(OC)cc2)cc1. The molecule has 3 nitrogen and oxygen atoms in total. The fraction of sp³-hybridized carbons (Fsp3) is 0.364. The van der Waals surface area contributed by atoms with E-state index in [0.29, 0.717) is 16.9 Å². The summed E-state index contributed by atoms with van der Waals surface area (Å²) in [7, 11) is 1.58. The van der Waals surface area contributed by atoms with Crippen LogP contribution in [0, 0.1) is 0 Å². The first-order chi connectivity index (χ1) is 11.9. The first-order valence-electron chi connectivity index (χ1n) is 8.68. The molecule has 0 atom stereocenters. The summed E-state index contributed by atoms with van der Waals surface area (Å²) in [5.41, 5.74) is 2.41. The van der Waals surface area contributed by atoms with Crippen molar-refractivity contribution in [3.05, 3.63) is 65.2 Å². The zero-order valence-corrected chi connectivity index (χ0v) is 15.5. The van der Waals surface area contributed by atoms with Gasteiger partial charge in [-0.15, -0.1) is 0 Å². The summed E-state index contributed by atoms with van der Waals surface area (Å²) < 4.78 is 5.08. The summed E-state index contributed by atoms with van der Waals surface area (Å²) in [6.07, 6.45) is 2.09. The van der Waals surface area contributed by atoms with Gasteiger partial charge in [0, 0.05) is 11.1 Å². The largest absolute Gasteiger partial charge is 0.497 e. The topological polar surface area (TPSA) is 43.4 Å². The van der Waals surface area contributed by atoms with Crippen molar-refractivity contribution in [1.82, 2.24) is 0 Å². The van der Waals surface area contributed by atoms with Crippen molar-refractivity contribution in [1.29, 1.82) is 0 Å².